The van der Waals surface area contributed by atoms with E-state index in [1.165, 1.54) is 36.0 Å². The largest absolute Gasteiger partial charge is 0.478 e. The van der Waals surface area contributed by atoms with Crippen molar-refractivity contribution in [1.29, 1.82) is 0 Å². The van der Waals surface area contributed by atoms with Gasteiger partial charge in [-0.3, -0.25) is 0 Å². The van der Waals surface area contributed by atoms with Crippen LogP contribution in [0.15, 0.2) is 42.5 Å². The summed E-state index contributed by atoms with van der Waals surface area (Å²) in [4.78, 5) is 11.8. The zero-order valence-electron chi connectivity index (χ0n) is 16.0. The highest BCUT2D eigenvalue weighted by Gasteiger charge is 2.54. The van der Waals surface area contributed by atoms with Crippen molar-refractivity contribution in [2.24, 2.45) is 17.8 Å². The lowest BCUT2D eigenvalue weighted by atomic mass is 9.67. The van der Waals surface area contributed by atoms with Crippen molar-refractivity contribution < 1.29 is 9.90 Å². The van der Waals surface area contributed by atoms with Gasteiger partial charge in [0.25, 0.3) is 0 Å². The molecular weight excluding hydrogens is 334 g/mol. The first-order valence-electron chi connectivity index (χ1n) is 10.3. The average Bonchev–Trinajstić information content (AvgIpc) is 3.29. The third-order valence-electron chi connectivity index (χ3n) is 7.31. The molecule has 3 aliphatic rings. The van der Waals surface area contributed by atoms with Gasteiger partial charge < -0.3 is 10.4 Å². The highest BCUT2D eigenvalue weighted by Crippen LogP contribution is 2.64. The monoisotopic (exact) mass is 361 g/mol. The first kappa shape index (κ1) is 16.9. The van der Waals surface area contributed by atoms with Gasteiger partial charge in [0.2, 0.25) is 0 Å². The number of fused-ring (bicyclic) bond motifs is 7. The van der Waals surface area contributed by atoms with Gasteiger partial charge in [0.05, 0.1) is 17.3 Å². The molecule has 1 heterocycles. The Hall–Kier alpha value is -2.29. The molecule has 0 radical (unpaired) electrons. The van der Waals surface area contributed by atoms with E-state index in [0.29, 0.717) is 29.2 Å². The minimum atomic E-state index is -0.838. The van der Waals surface area contributed by atoms with Gasteiger partial charge in [0, 0.05) is 0 Å². The summed E-state index contributed by atoms with van der Waals surface area (Å²) in [7, 11) is 0. The lowest BCUT2D eigenvalue weighted by molar-refractivity contribution is 0.0697. The third kappa shape index (κ3) is 2.51. The smallest absolute Gasteiger partial charge is 0.337 e. The van der Waals surface area contributed by atoms with Crippen LogP contribution in [-0.4, -0.2) is 11.1 Å². The Bertz CT molecular complexity index is 886. The molecule has 2 aliphatic carbocycles. The van der Waals surface area contributed by atoms with Gasteiger partial charge in [0.1, 0.15) is 0 Å². The molecule has 0 unspecified atom stereocenters. The Morgan fingerprint density at radius 2 is 1.81 bits per heavy atom. The molecule has 2 bridgehead atoms. The second kappa shape index (κ2) is 6.12. The van der Waals surface area contributed by atoms with Crippen molar-refractivity contribution in [1.82, 2.24) is 0 Å². The Morgan fingerprint density at radius 3 is 2.52 bits per heavy atom. The van der Waals surface area contributed by atoms with E-state index >= 15 is 0 Å². The van der Waals surface area contributed by atoms with Crippen LogP contribution in [0.25, 0.3) is 0 Å². The van der Waals surface area contributed by atoms with E-state index in [1.54, 1.807) is 6.07 Å². The Labute approximate surface area is 160 Å². The molecule has 0 aromatic heterocycles. The molecule has 3 heteroatoms. The standard InChI is InChI=1S/C24H27NO2/c1-13(2)14-6-8-15(9-7-14)22-21-17-11-10-16(12-17)20(21)18-4-3-5-19(24(26)27)23(18)25-22/h3-9,13,16-17,20-22,25H,10-12H2,1-2H3,(H,26,27)/t16-,17-,20-,21+,22-/m0/s1. The van der Waals surface area contributed by atoms with Crippen molar-refractivity contribution in [2.45, 2.75) is 51.0 Å². The SMILES string of the molecule is CC(C)c1ccc([C@@H]2Nc3c(C(=O)O)cccc3[C@@H]3[C@H]4CC[C@@H](C4)[C@H]32)cc1. The lowest BCUT2D eigenvalue weighted by Gasteiger charge is -2.44. The van der Waals surface area contributed by atoms with Gasteiger partial charge in [-0.25, -0.2) is 4.79 Å². The van der Waals surface area contributed by atoms with Crippen LogP contribution in [0.1, 0.15) is 78.0 Å². The number of aromatic carboxylic acids is 1. The fourth-order valence-corrected chi connectivity index (χ4v) is 6.11. The van der Waals surface area contributed by atoms with Gasteiger partial charge in [-0.2, -0.15) is 0 Å². The first-order chi connectivity index (χ1) is 13.0. The van der Waals surface area contributed by atoms with Gasteiger partial charge in [-0.15, -0.1) is 0 Å². The number of nitrogens with one attached hydrogen (secondary N) is 1. The fourth-order valence-electron chi connectivity index (χ4n) is 6.11. The number of benzene rings is 2. The summed E-state index contributed by atoms with van der Waals surface area (Å²) in [6, 6.07) is 15.0. The molecule has 2 aromatic rings. The minimum Gasteiger partial charge on any atom is -0.478 e. The van der Waals surface area contributed by atoms with Gasteiger partial charge >= 0.3 is 5.97 Å². The van der Waals surface area contributed by atoms with Crippen LogP contribution < -0.4 is 5.32 Å². The quantitative estimate of drug-likeness (QED) is 0.726. The average molecular weight is 361 g/mol. The molecule has 2 fully saturated rings. The zero-order chi connectivity index (χ0) is 18.7. The Morgan fingerprint density at radius 1 is 1.07 bits per heavy atom. The summed E-state index contributed by atoms with van der Waals surface area (Å²) >= 11 is 0. The molecule has 0 saturated heterocycles. The van der Waals surface area contributed by atoms with E-state index in [1.807, 2.05) is 6.07 Å². The number of hydrogen-bond acceptors (Lipinski definition) is 2. The summed E-state index contributed by atoms with van der Waals surface area (Å²) in [6.45, 7) is 4.43. The van der Waals surface area contributed by atoms with Crippen LogP contribution in [0, 0.1) is 17.8 Å². The molecule has 2 N–H and O–H groups in total. The molecule has 0 spiro atoms. The van der Waals surface area contributed by atoms with Crippen LogP contribution in [0.3, 0.4) is 0 Å². The van der Waals surface area contributed by atoms with Crippen LogP contribution in [0.5, 0.6) is 0 Å². The van der Waals surface area contributed by atoms with Gasteiger partial charge in [-0.1, -0.05) is 50.2 Å². The molecule has 1 aliphatic heterocycles. The van der Waals surface area contributed by atoms with Crippen molar-refractivity contribution >= 4 is 11.7 Å². The minimum absolute atomic E-state index is 0.208. The molecule has 2 aromatic carbocycles. The number of hydrogen-bond donors (Lipinski definition) is 2. The summed E-state index contributed by atoms with van der Waals surface area (Å²) < 4.78 is 0. The number of anilines is 1. The van der Waals surface area contributed by atoms with Crippen LogP contribution in [0.2, 0.25) is 0 Å². The van der Waals surface area contributed by atoms with Crippen LogP contribution in [0.4, 0.5) is 5.69 Å². The molecule has 0 amide bonds. The summed E-state index contributed by atoms with van der Waals surface area (Å²) in [6.07, 6.45) is 3.91. The molecule has 27 heavy (non-hydrogen) atoms. The topological polar surface area (TPSA) is 49.3 Å². The van der Waals surface area contributed by atoms with E-state index in [2.05, 4.69) is 49.5 Å². The van der Waals surface area contributed by atoms with Crippen molar-refractivity contribution in [3.8, 4) is 0 Å². The van der Waals surface area contributed by atoms with Gasteiger partial charge in [-0.05, 0) is 71.6 Å². The lowest BCUT2D eigenvalue weighted by Crippen LogP contribution is -2.36. The number of carbonyl (C=O) groups is 1. The number of carboxylic acid groups (broad SMARTS) is 1. The molecule has 3 nitrogen and oxygen atoms in total. The van der Waals surface area contributed by atoms with E-state index in [4.69, 9.17) is 0 Å². The van der Waals surface area contributed by atoms with E-state index in [9.17, 15) is 9.90 Å². The molecule has 5 rings (SSSR count). The van der Waals surface area contributed by atoms with Crippen molar-refractivity contribution in [3.63, 3.8) is 0 Å². The maximum Gasteiger partial charge on any atom is 0.337 e. The fraction of sp³-hybridized carbons (Fsp3) is 0.458. The van der Waals surface area contributed by atoms with Crippen molar-refractivity contribution in [2.75, 3.05) is 5.32 Å². The second-order valence-corrected chi connectivity index (χ2v) is 8.95. The van der Waals surface area contributed by atoms with Gasteiger partial charge in [0.15, 0.2) is 0 Å². The molecule has 5 atom stereocenters. The van der Waals surface area contributed by atoms with Crippen LogP contribution in [-0.2, 0) is 0 Å². The summed E-state index contributed by atoms with van der Waals surface area (Å²) in [5, 5.41) is 13.4. The number of carboxylic acids is 1. The molecular formula is C24H27NO2. The van der Waals surface area contributed by atoms with E-state index in [-0.39, 0.29) is 6.04 Å². The Kier molecular flexibility index (Phi) is 3.82. The predicted molar refractivity (Wildman–Crippen MR) is 107 cm³/mol. The summed E-state index contributed by atoms with van der Waals surface area (Å²) in [5.74, 6) is 2.22. The maximum atomic E-state index is 11.8. The predicted octanol–water partition coefficient (Wildman–Crippen LogP) is 5.80. The summed E-state index contributed by atoms with van der Waals surface area (Å²) in [5.41, 5.74) is 5.16. The Balaban J connectivity index is 1.62. The highest BCUT2D eigenvalue weighted by molar-refractivity contribution is 5.95. The molecule has 2 saturated carbocycles. The second-order valence-electron chi connectivity index (χ2n) is 8.95. The zero-order valence-corrected chi connectivity index (χ0v) is 16.0. The first-order valence-corrected chi connectivity index (χ1v) is 10.3. The molecule has 140 valence electrons. The maximum absolute atomic E-state index is 11.8. The van der Waals surface area contributed by atoms with E-state index < -0.39 is 5.97 Å². The van der Waals surface area contributed by atoms with Crippen LogP contribution >= 0.6 is 0 Å². The number of para-hydroxylation sites is 1. The number of rotatable bonds is 3. The third-order valence-corrected chi connectivity index (χ3v) is 7.31. The highest BCUT2D eigenvalue weighted by atomic mass is 16.4. The van der Waals surface area contributed by atoms with E-state index in [0.717, 1.165) is 11.6 Å². The van der Waals surface area contributed by atoms with Crippen molar-refractivity contribution in [3.05, 3.63) is 64.7 Å². The normalized spacial score (nSPS) is 30.7.